The molecule has 0 heterocycles. The molecule has 0 spiro atoms. The normalized spacial score (nSPS) is 13.6. The number of benzene rings is 1. The van der Waals surface area contributed by atoms with Gasteiger partial charge in [0.2, 0.25) is 0 Å². The third kappa shape index (κ3) is 5.44. The highest BCUT2D eigenvalue weighted by molar-refractivity contribution is 6.05. The summed E-state index contributed by atoms with van der Waals surface area (Å²) < 4.78 is 16.1. The van der Waals surface area contributed by atoms with Gasteiger partial charge < -0.3 is 14.2 Å². The predicted octanol–water partition coefficient (Wildman–Crippen LogP) is 2.94. The summed E-state index contributed by atoms with van der Waals surface area (Å²) in [7, 11) is 0. The van der Waals surface area contributed by atoms with Gasteiger partial charge in [0.05, 0.1) is 12.5 Å². The molecule has 1 rings (SSSR count). The molecule has 0 saturated carbocycles. The van der Waals surface area contributed by atoms with E-state index < -0.39 is 24.1 Å². The Bertz CT molecular complexity index is 479. The lowest BCUT2D eigenvalue weighted by Gasteiger charge is -2.25. The Morgan fingerprint density at radius 1 is 0.957 bits per heavy atom. The minimum absolute atomic E-state index is 0.226. The average molecular weight is 322 g/mol. The van der Waals surface area contributed by atoms with E-state index >= 15 is 0 Å². The van der Waals surface area contributed by atoms with Crippen LogP contribution in [0.5, 0.6) is 0 Å². The summed E-state index contributed by atoms with van der Waals surface area (Å²) in [6, 6.07) is 8.93. The summed E-state index contributed by atoms with van der Waals surface area (Å²) in [5.41, 5.74) is 0.620. The summed E-state index contributed by atoms with van der Waals surface area (Å²) >= 11 is 0. The van der Waals surface area contributed by atoms with Gasteiger partial charge in [-0.25, -0.2) is 0 Å². The monoisotopic (exact) mass is 322 g/mol. The van der Waals surface area contributed by atoms with Crippen LogP contribution in [0.4, 0.5) is 0 Å². The van der Waals surface area contributed by atoms with Gasteiger partial charge >= 0.3 is 5.97 Å². The van der Waals surface area contributed by atoms with Crippen LogP contribution >= 0.6 is 0 Å². The van der Waals surface area contributed by atoms with E-state index in [-0.39, 0.29) is 12.4 Å². The van der Waals surface area contributed by atoms with Crippen LogP contribution in [0.25, 0.3) is 0 Å². The SMILES string of the molecule is CCOC(=O)C(C(=O)C(C)C(OCC)OCC)c1ccccc1. The van der Waals surface area contributed by atoms with Crippen LogP contribution in [0.2, 0.25) is 0 Å². The van der Waals surface area contributed by atoms with Crippen LogP contribution < -0.4 is 0 Å². The molecule has 0 saturated heterocycles. The molecule has 0 N–H and O–H groups in total. The molecule has 5 heteroatoms. The number of hydrogen-bond acceptors (Lipinski definition) is 5. The molecule has 1 aromatic carbocycles. The van der Waals surface area contributed by atoms with Gasteiger partial charge in [-0.3, -0.25) is 9.59 Å². The molecular formula is C18H26O5. The molecule has 2 atom stereocenters. The zero-order chi connectivity index (χ0) is 17.2. The quantitative estimate of drug-likeness (QED) is 0.376. The molecule has 0 amide bonds. The van der Waals surface area contributed by atoms with E-state index in [1.54, 1.807) is 38.1 Å². The fourth-order valence-corrected chi connectivity index (χ4v) is 2.35. The molecule has 1 aromatic rings. The lowest BCUT2D eigenvalue weighted by atomic mass is 9.87. The third-order valence-corrected chi connectivity index (χ3v) is 3.46. The Hall–Kier alpha value is -1.72. The van der Waals surface area contributed by atoms with Gasteiger partial charge in [-0.15, -0.1) is 0 Å². The molecule has 5 nitrogen and oxygen atoms in total. The van der Waals surface area contributed by atoms with Crippen LogP contribution in [0.3, 0.4) is 0 Å². The summed E-state index contributed by atoms with van der Waals surface area (Å²) in [6.07, 6.45) is -0.668. The highest BCUT2D eigenvalue weighted by atomic mass is 16.7. The van der Waals surface area contributed by atoms with Crippen molar-refractivity contribution in [1.29, 1.82) is 0 Å². The van der Waals surface area contributed by atoms with Crippen molar-refractivity contribution in [2.75, 3.05) is 19.8 Å². The van der Waals surface area contributed by atoms with Crippen LogP contribution in [-0.4, -0.2) is 37.9 Å². The van der Waals surface area contributed by atoms with Gasteiger partial charge in [0.1, 0.15) is 5.92 Å². The molecule has 0 aliphatic carbocycles. The van der Waals surface area contributed by atoms with Gasteiger partial charge in [-0.05, 0) is 26.3 Å². The zero-order valence-corrected chi connectivity index (χ0v) is 14.3. The smallest absolute Gasteiger partial charge is 0.321 e. The molecule has 0 bridgehead atoms. The largest absolute Gasteiger partial charge is 0.465 e. The summed E-state index contributed by atoms with van der Waals surface area (Å²) in [6.45, 7) is 8.19. The number of ether oxygens (including phenoxy) is 3. The second-order valence-electron chi connectivity index (χ2n) is 5.07. The van der Waals surface area contributed by atoms with Crippen LogP contribution in [0.1, 0.15) is 39.2 Å². The topological polar surface area (TPSA) is 61.8 Å². The van der Waals surface area contributed by atoms with E-state index in [0.717, 1.165) is 0 Å². The first-order valence-corrected chi connectivity index (χ1v) is 8.05. The number of rotatable bonds is 10. The highest BCUT2D eigenvalue weighted by Crippen LogP contribution is 2.25. The first-order chi connectivity index (χ1) is 11.1. The number of hydrogen-bond donors (Lipinski definition) is 0. The fraction of sp³-hybridized carbons (Fsp3) is 0.556. The van der Waals surface area contributed by atoms with Crippen molar-refractivity contribution in [1.82, 2.24) is 0 Å². The van der Waals surface area contributed by atoms with Gasteiger partial charge in [0.15, 0.2) is 12.1 Å². The maximum atomic E-state index is 12.9. The number of carbonyl (C=O) groups is 2. The number of ketones is 1. The maximum absolute atomic E-state index is 12.9. The Morgan fingerprint density at radius 2 is 1.52 bits per heavy atom. The standard InChI is InChI=1S/C18H26O5/c1-5-21-17(20)15(14-11-9-8-10-12-14)16(19)13(4)18(22-6-2)23-7-3/h8-13,15,18H,5-7H2,1-4H3. The molecule has 2 unspecified atom stereocenters. The number of esters is 1. The first-order valence-electron chi connectivity index (χ1n) is 8.05. The van der Waals surface area contributed by atoms with Crippen molar-refractivity contribution in [2.45, 2.75) is 39.9 Å². The van der Waals surface area contributed by atoms with Gasteiger partial charge in [-0.2, -0.15) is 0 Å². The average Bonchev–Trinajstić information content (AvgIpc) is 2.55. The number of Topliss-reactive ketones (excluding diaryl/α,β-unsaturated/α-hetero) is 1. The first kappa shape index (κ1) is 19.3. The minimum atomic E-state index is -0.963. The zero-order valence-electron chi connectivity index (χ0n) is 14.3. The van der Waals surface area contributed by atoms with Crippen LogP contribution in [-0.2, 0) is 23.8 Å². The molecule has 0 radical (unpaired) electrons. The van der Waals surface area contributed by atoms with E-state index in [0.29, 0.717) is 18.8 Å². The van der Waals surface area contributed by atoms with Gasteiger partial charge in [0.25, 0.3) is 0 Å². The third-order valence-electron chi connectivity index (χ3n) is 3.46. The lowest BCUT2D eigenvalue weighted by molar-refractivity contribution is -0.174. The van der Waals surface area contributed by atoms with Crippen molar-refractivity contribution in [3.05, 3.63) is 35.9 Å². The fourth-order valence-electron chi connectivity index (χ4n) is 2.35. The molecule has 23 heavy (non-hydrogen) atoms. The van der Waals surface area contributed by atoms with E-state index in [9.17, 15) is 9.59 Å². The molecule has 0 aliphatic heterocycles. The van der Waals surface area contributed by atoms with Crippen molar-refractivity contribution >= 4 is 11.8 Å². The Morgan fingerprint density at radius 3 is 2.00 bits per heavy atom. The van der Waals surface area contributed by atoms with Crippen molar-refractivity contribution in [3.63, 3.8) is 0 Å². The second-order valence-corrected chi connectivity index (χ2v) is 5.07. The van der Waals surface area contributed by atoms with E-state index in [1.165, 1.54) is 0 Å². The van der Waals surface area contributed by atoms with E-state index in [2.05, 4.69) is 0 Å². The summed E-state index contributed by atoms with van der Waals surface area (Å²) in [4.78, 5) is 25.2. The van der Waals surface area contributed by atoms with Crippen LogP contribution in [0.15, 0.2) is 30.3 Å². The second kappa shape index (κ2) is 10.1. The lowest BCUT2D eigenvalue weighted by Crippen LogP contribution is -2.37. The summed E-state index contributed by atoms with van der Waals surface area (Å²) in [5.74, 6) is -2.34. The summed E-state index contributed by atoms with van der Waals surface area (Å²) in [5, 5.41) is 0. The molecule has 0 aromatic heterocycles. The van der Waals surface area contributed by atoms with E-state index in [4.69, 9.17) is 14.2 Å². The van der Waals surface area contributed by atoms with Crippen molar-refractivity contribution in [2.24, 2.45) is 5.92 Å². The van der Waals surface area contributed by atoms with E-state index in [1.807, 2.05) is 19.9 Å². The van der Waals surface area contributed by atoms with Crippen molar-refractivity contribution in [3.8, 4) is 0 Å². The van der Waals surface area contributed by atoms with Gasteiger partial charge in [-0.1, -0.05) is 37.3 Å². The van der Waals surface area contributed by atoms with Crippen LogP contribution in [0, 0.1) is 5.92 Å². The Labute approximate surface area is 137 Å². The molecular weight excluding hydrogens is 296 g/mol. The highest BCUT2D eigenvalue weighted by Gasteiger charge is 2.36. The Balaban J connectivity index is 3.05. The molecule has 0 fully saturated rings. The molecule has 0 aliphatic rings. The van der Waals surface area contributed by atoms with Gasteiger partial charge in [0, 0.05) is 13.2 Å². The predicted molar refractivity (Wildman–Crippen MR) is 87.0 cm³/mol. The number of carbonyl (C=O) groups excluding carboxylic acids is 2. The van der Waals surface area contributed by atoms with Crippen molar-refractivity contribution < 1.29 is 23.8 Å². The Kier molecular flexibility index (Phi) is 8.51. The maximum Gasteiger partial charge on any atom is 0.321 e. The molecule has 128 valence electrons. The minimum Gasteiger partial charge on any atom is -0.465 e.